The summed E-state index contributed by atoms with van der Waals surface area (Å²) in [7, 11) is 0. The lowest BCUT2D eigenvalue weighted by molar-refractivity contribution is 0.0929. The number of aryl methyl sites for hydroxylation is 1. The molecule has 1 fully saturated rings. The summed E-state index contributed by atoms with van der Waals surface area (Å²) in [6.07, 6.45) is 7.64. The Kier molecular flexibility index (Phi) is 4.14. The van der Waals surface area contributed by atoms with Gasteiger partial charge in [-0.05, 0) is 39.7 Å². The number of carbonyl (C=O) groups is 1. The molecule has 1 aliphatic rings. The molecule has 1 amide bonds. The van der Waals surface area contributed by atoms with Gasteiger partial charge in [-0.25, -0.2) is 9.67 Å². The topological polar surface area (TPSA) is 59.8 Å². The molecule has 0 bridgehead atoms. The van der Waals surface area contributed by atoms with Crippen molar-refractivity contribution in [2.75, 3.05) is 0 Å². The molecule has 0 atom stereocenters. The summed E-state index contributed by atoms with van der Waals surface area (Å²) >= 11 is 0. The van der Waals surface area contributed by atoms with Crippen LogP contribution in [0.1, 0.15) is 68.0 Å². The van der Waals surface area contributed by atoms with Gasteiger partial charge in [-0.2, -0.15) is 5.10 Å². The summed E-state index contributed by atoms with van der Waals surface area (Å²) in [5.74, 6) is 0.00528. The van der Waals surface area contributed by atoms with Gasteiger partial charge in [-0.3, -0.25) is 4.79 Å². The van der Waals surface area contributed by atoms with Crippen molar-refractivity contribution in [1.29, 1.82) is 0 Å². The highest BCUT2D eigenvalue weighted by Crippen LogP contribution is 2.22. The molecule has 118 valence electrons. The quantitative estimate of drug-likeness (QED) is 0.945. The summed E-state index contributed by atoms with van der Waals surface area (Å²) in [4.78, 5) is 17.2. The van der Waals surface area contributed by atoms with Crippen molar-refractivity contribution in [3.63, 3.8) is 0 Å². The fraction of sp³-hybridized carbons (Fsp3) is 0.588. The van der Waals surface area contributed by atoms with Crippen LogP contribution >= 0.6 is 0 Å². The Labute approximate surface area is 131 Å². The number of fused-ring (bicyclic) bond motifs is 1. The average molecular weight is 300 g/mol. The first kappa shape index (κ1) is 15.0. The Hall–Kier alpha value is -1.91. The number of hydrogen-bond acceptors (Lipinski definition) is 3. The third-order valence-electron chi connectivity index (χ3n) is 4.37. The largest absolute Gasteiger partial charge is 0.349 e. The van der Waals surface area contributed by atoms with E-state index < -0.39 is 0 Å². The minimum atomic E-state index is 0.00528. The average Bonchev–Trinajstić information content (AvgIpc) is 2.91. The van der Waals surface area contributed by atoms with Crippen molar-refractivity contribution in [2.24, 2.45) is 0 Å². The molecule has 0 spiro atoms. The van der Waals surface area contributed by atoms with E-state index in [2.05, 4.69) is 29.2 Å². The summed E-state index contributed by atoms with van der Waals surface area (Å²) in [6, 6.07) is 2.40. The SMILES string of the molecule is Cc1cc(C(=O)NC2CCCCC2)c2cnn(C(C)C)c2n1. The summed E-state index contributed by atoms with van der Waals surface area (Å²) in [6.45, 7) is 6.06. The Bertz CT molecular complexity index is 683. The number of nitrogens with one attached hydrogen (secondary N) is 1. The van der Waals surface area contributed by atoms with Gasteiger partial charge in [0.1, 0.15) is 0 Å². The molecule has 3 rings (SSSR count). The smallest absolute Gasteiger partial charge is 0.252 e. The van der Waals surface area contributed by atoms with Crippen LogP contribution in [0.2, 0.25) is 0 Å². The highest BCUT2D eigenvalue weighted by Gasteiger charge is 2.20. The van der Waals surface area contributed by atoms with Gasteiger partial charge in [0.2, 0.25) is 0 Å². The van der Waals surface area contributed by atoms with Crippen LogP contribution < -0.4 is 5.32 Å². The van der Waals surface area contributed by atoms with Crippen molar-refractivity contribution in [3.05, 3.63) is 23.5 Å². The summed E-state index contributed by atoms with van der Waals surface area (Å²) < 4.78 is 1.87. The molecule has 0 aliphatic heterocycles. The zero-order chi connectivity index (χ0) is 15.7. The Morgan fingerprint density at radius 2 is 2.05 bits per heavy atom. The van der Waals surface area contributed by atoms with E-state index in [1.54, 1.807) is 6.20 Å². The zero-order valence-electron chi connectivity index (χ0n) is 13.6. The van der Waals surface area contributed by atoms with Crippen LogP contribution in [0.3, 0.4) is 0 Å². The van der Waals surface area contributed by atoms with Gasteiger partial charge in [-0.15, -0.1) is 0 Å². The molecule has 2 aromatic heterocycles. The Morgan fingerprint density at radius 1 is 1.32 bits per heavy atom. The molecule has 1 aliphatic carbocycles. The summed E-state index contributed by atoms with van der Waals surface area (Å²) in [5, 5.41) is 8.43. The number of hydrogen-bond donors (Lipinski definition) is 1. The van der Waals surface area contributed by atoms with Gasteiger partial charge >= 0.3 is 0 Å². The predicted molar refractivity (Wildman–Crippen MR) is 87.0 cm³/mol. The fourth-order valence-corrected chi connectivity index (χ4v) is 3.22. The van der Waals surface area contributed by atoms with Crippen LogP contribution in [0.15, 0.2) is 12.3 Å². The maximum atomic E-state index is 12.7. The number of amides is 1. The molecule has 0 aromatic carbocycles. The molecule has 0 saturated heterocycles. The fourth-order valence-electron chi connectivity index (χ4n) is 3.22. The van der Waals surface area contributed by atoms with Gasteiger partial charge < -0.3 is 5.32 Å². The molecule has 0 unspecified atom stereocenters. The van der Waals surface area contributed by atoms with Crippen LogP contribution in [-0.4, -0.2) is 26.7 Å². The maximum Gasteiger partial charge on any atom is 0.252 e. The van der Waals surface area contributed by atoms with E-state index in [0.717, 1.165) is 29.6 Å². The van der Waals surface area contributed by atoms with Crippen molar-refractivity contribution in [1.82, 2.24) is 20.1 Å². The second-order valence-corrected chi connectivity index (χ2v) is 6.54. The number of pyridine rings is 1. The molecule has 22 heavy (non-hydrogen) atoms. The van der Waals surface area contributed by atoms with Crippen LogP contribution in [-0.2, 0) is 0 Å². The molecule has 1 N–H and O–H groups in total. The van der Waals surface area contributed by atoms with Crippen LogP contribution in [0.5, 0.6) is 0 Å². The maximum absolute atomic E-state index is 12.7. The second kappa shape index (κ2) is 6.07. The minimum Gasteiger partial charge on any atom is -0.349 e. The van der Waals surface area contributed by atoms with E-state index in [0.29, 0.717) is 11.6 Å². The lowest BCUT2D eigenvalue weighted by Gasteiger charge is -2.23. The first-order chi connectivity index (χ1) is 10.6. The van der Waals surface area contributed by atoms with E-state index >= 15 is 0 Å². The zero-order valence-corrected chi connectivity index (χ0v) is 13.6. The monoisotopic (exact) mass is 300 g/mol. The van der Waals surface area contributed by atoms with E-state index in [4.69, 9.17) is 0 Å². The van der Waals surface area contributed by atoms with Gasteiger partial charge in [-0.1, -0.05) is 19.3 Å². The number of rotatable bonds is 3. The van der Waals surface area contributed by atoms with Gasteiger partial charge in [0.25, 0.3) is 5.91 Å². The predicted octanol–water partition coefficient (Wildman–Crippen LogP) is 3.38. The molecular weight excluding hydrogens is 276 g/mol. The highest BCUT2D eigenvalue weighted by molar-refractivity contribution is 6.05. The van der Waals surface area contributed by atoms with Crippen molar-refractivity contribution >= 4 is 16.9 Å². The first-order valence-corrected chi connectivity index (χ1v) is 8.22. The van der Waals surface area contributed by atoms with Crippen LogP contribution in [0.4, 0.5) is 0 Å². The molecule has 0 radical (unpaired) electrons. The Morgan fingerprint density at radius 3 is 2.73 bits per heavy atom. The van der Waals surface area contributed by atoms with Crippen molar-refractivity contribution in [3.8, 4) is 0 Å². The number of carbonyl (C=O) groups excluding carboxylic acids is 1. The van der Waals surface area contributed by atoms with Crippen LogP contribution in [0, 0.1) is 6.92 Å². The first-order valence-electron chi connectivity index (χ1n) is 8.22. The van der Waals surface area contributed by atoms with Gasteiger partial charge in [0.05, 0.1) is 17.1 Å². The van der Waals surface area contributed by atoms with E-state index in [9.17, 15) is 4.79 Å². The highest BCUT2D eigenvalue weighted by atomic mass is 16.1. The molecule has 1 saturated carbocycles. The lowest BCUT2D eigenvalue weighted by atomic mass is 9.95. The van der Waals surface area contributed by atoms with Gasteiger partial charge in [0, 0.05) is 17.8 Å². The van der Waals surface area contributed by atoms with Crippen molar-refractivity contribution in [2.45, 2.75) is 65.0 Å². The normalized spacial score (nSPS) is 16.4. The number of nitrogens with zero attached hydrogens (tertiary/aromatic N) is 3. The standard InChI is InChI=1S/C17H24N4O/c1-11(2)21-16-15(10-18-21)14(9-12(3)19-16)17(22)20-13-7-5-4-6-8-13/h9-11,13H,4-8H2,1-3H3,(H,20,22). The third kappa shape index (κ3) is 2.85. The van der Waals surface area contributed by atoms with Gasteiger partial charge in [0.15, 0.2) is 5.65 Å². The minimum absolute atomic E-state index is 0.00528. The molecular formula is C17H24N4O. The Balaban J connectivity index is 1.93. The molecule has 2 heterocycles. The molecule has 5 nitrogen and oxygen atoms in total. The van der Waals surface area contributed by atoms with E-state index in [1.807, 2.05) is 17.7 Å². The van der Waals surface area contributed by atoms with Crippen molar-refractivity contribution < 1.29 is 4.79 Å². The second-order valence-electron chi connectivity index (χ2n) is 6.54. The van der Waals surface area contributed by atoms with E-state index in [-0.39, 0.29) is 11.9 Å². The van der Waals surface area contributed by atoms with E-state index in [1.165, 1.54) is 19.3 Å². The third-order valence-corrected chi connectivity index (χ3v) is 4.37. The molecule has 5 heteroatoms. The summed E-state index contributed by atoms with van der Waals surface area (Å²) in [5.41, 5.74) is 2.34. The lowest BCUT2D eigenvalue weighted by Crippen LogP contribution is -2.36. The van der Waals surface area contributed by atoms with Crippen LogP contribution in [0.25, 0.3) is 11.0 Å². The number of aromatic nitrogens is 3. The molecule has 2 aromatic rings.